The van der Waals surface area contributed by atoms with Gasteiger partial charge in [-0.05, 0) is 37.5 Å². The van der Waals surface area contributed by atoms with Crippen LogP contribution in [0.5, 0.6) is 0 Å². The zero-order valence-electron chi connectivity index (χ0n) is 6.31. The molecule has 0 aromatic rings. The van der Waals surface area contributed by atoms with Crippen molar-refractivity contribution in [2.24, 2.45) is 11.8 Å². The van der Waals surface area contributed by atoms with Gasteiger partial charge in [0.15, 0.2) is 0 Å². The lowest BCUT2D eigenvalue weighted by molar-refractivity contribution is -0.118. The molecule has 2 aliphatic rings. The van der Waals surface area contributed by atoms with Gasteiger partial charge in [0.1, 0.15) is 5.78 Å². The van der Waals surface area contributed by atoms with Crippen LogP contribution >= 0.6 is 0 Å². The number of carbonyl (C=O) groups excluding carboxylic acids is 1. The highest BCUT2D eigenvalue weighted by Gasteiger charge is 2.32. The fraction of sp³-hybridized carbons (Fsp3) is 0.889. The van der Waals surface area contributed by atoms with E-state index >= 15 is 0 Å². The molecule has 2 saturated carbocycles. The lowest BCUT2D eigenvalue weighted by Gasteiger charge is -2.34. The highest BCUT2D eigenvalue weighted by molar-refractivity contribution is 5.78. The van der Waals surface area contributed by atoms with Crippen LogP contribution < -0.4 is 0 Å². The molecular weight excluding hydrogens is 124 g/mol. The molecular formula is C9H14O. The molecule has 2 aliphatic carbocycles. The van der Waals surface area contributed by atoms with Crippen molar-refractivity contribution in [1.82, 2.24) is 0 Å². The van der Waals surface area contributed by atoms with Crippen molar-refractivity contribution in [1.29, 1.82) is 0 Å². The summed E-state index contributed by atoms with van der Waals surface area (Å²) in [4.78, 5) is 11.0. The van der Waals surface area contributed by atoms with Gasteiger partial charge in [-0.15, -0.1) is 0 Å². The van der Waals surface area contributed by atoms with Gasteiger partial charge in [0.05, 0.1) is 0 Å². The third kappa shape index (κ3) is 0.979. The molecule has 10 heavy (non-hydrogen) atoms. The molecule has 1 nitrogen and oxygen atoms in total. The SMILES string of the molecule is O=C1CC[C@H]2CC[C@@H]2CC1. The van der Waals surface area contributed by atoms with Crippen molar-refractivity contribution in [3.05, 3.63) is 0 Å². The zero-order valence-corrected chi connectivity index (χ0v) is 6.31. The molecule has 0 radical (unpaired) electrons. The fourth-order valence-corrected chi connectivity index (χ4v) is 2.22. The van der Waals surface area contributed by atoms with Gasteiger partial charge in [-0.3, -0.25) is 4.79 Å². The van der Waals surface area contributed by atoms with Crippen LogP contribution in [0.1, 0.15) is 38.5 Å². The average molecular weight is 138 g/mol. The first-order valence-electron chi connectivity index (χ1n) is 4.38. The summed E-state index contributed by atoms with van der Waals surface area (Å²) in [6.45, 7) is 0. The molecule has 0 bridgehead atoms. The molecule has 0 aromatic carbocycles. The van der Waals surface area contributed by atoms with Gasteiger partial charge in [-0.25, -0.2) is 0 Å². The molecule has 0 heterocycles. The first-order valence-corrected chi connectivity index (χ1v) is 4.38. The molecule has 0 N–H and O–H groups in total. The maximum Gasteiger partial charge on any atom is 0.132 e. The third-order valence-corrected chi connectivity index (χ3v) is 3.16. The Morgan fingerprint density at radius 1 is 0.900 bits per heavy atom. The molecule has 0 saturated heterocycles. The van der Waals surface area contributed by atoms with Crippen LogP contribution in [-0.4, -0.2) is 5.78 Å². The Morgan fingerprint density at radius 2 is 1.40 bits per heavy atom. The maximum atomic E-state index is 11.0. The molecule has 0 aliphatic heterocycles. The Hall–Kier alpha value is -0.330. The third-order valence-electron chi connectivity index (χ3n) is 3.16. The molecule has 0 spiro atoms. The number of ketones is 1. The smallest absolute Gasteiger partial charge is 0.132 e. The summed E-state index contributed by atoms with van der Waals surface area (Å²) in [6, 6.07) is 0. The van der Waals surface area contributed by atoms with E-state index in [-0.39, 0.29) is 0 Å². The molecule has 1 heteroatoms. The Bertz CT molecular complexity index is 135. The first-order chi connectivity index (χ1) is 4.86. The zero-order chi connectivity index (χ0) is 6.97. The minimum absolute atomic E-state index is 0.509. The van der Waals surface area contributed by atoms with Gasteiger partial charge in [0.2, 0.25) is 0 Å². The number of carbonyl (C=O) groups is 1. The van der Waals surface area contributed by atoms with Crippen LogP contribution in [0, 0.1) is 11.8 Å². The number of hydrogen-bond donors (Lipinski definition) is 0. The van der Waals surface area contributed by atoms with Crippen LogP contribution in [-0.2, 0) is 4.79 Å². The number of fused-ring (bicyclic) bond motifs is 1. The average Bonchev–Trinajstić information content (AvgIpc) is 1.94. The van der Waals surface area contributed by atoms with Crippen LogP contribution in [0.15, 0.2) is 0 Å². The second kappa shape index (κ2) is 2.37. The summed E-state index contributed by atoms with van der Waals surface area (Å²) in [6.07, 6.45) is 6.95. The van der Waals surface area contributed by atoms with E-state index in [1.165, 1.54) is 25.7 Å². The summed E-state index contributed by atoms with van der Waals surface area (Å²) in [5.74, 6) is 2.38. The topological polar surface area (TPSA) is 17.1 Å². The second-order valence-electron chi connectivity index (χ2n) is 3.71. The van der Waals surface area contributed by atoms with Crippen molar-refractivity contribution < 1.29 is 4.79 Å². The van der Waals surface area contributed by atoms with Crippen molar-refractivity contribution in [3.8, 4) is 0 Å². The van der Waals surface area contributed by atoms with E-state index in [4.69, 9.17) is 0 Å². The van der Waals surface area contributed by atoms with E-state index < -0.39 is 0 Å². The van der Waals surface area contributed by atoms with Gasteiger partial charge >= 0.3 is 0 Å². The highest BCUT2D eigenvalue weighted by Crippen LogP contribution is 2.42. The molecule has 56 valence electrons. The summed E-state index contributed by atoms with van der Waals surface area (Å²) >= 11 is 0. The van der Waals surface area contributed by atoms with E-state index in [1.807, 2.05) is 0 Å². The second-order valence-corrected chi connectivity index (χ2v) is 3.71. The van der Waals surface area contributed by atoms with Crippen molar-refractivity contribution >= 4 is 5.78 Å². The fourth-order valence-electron chi connectivity index (χ4n) is 2.22. The highest BCUT2D eigenvalue weighted by atomic mass is 16.1. The minimum Gasteiger partial charge on any atom is -0.300 e. The van der Waals surface area contributed by atoms with Crippen LogP contribution in [0.25, 0.3) is 0 Å². The monoisotopic (exact) mass is 138 g/mol. The largest absolute Gasteiger partial charge is 0.300 e. The molecule has 2 fully saturated rings. The summed E-state index contributed by atoms with van der Waals surface area (Å²) in [5.41, 5.74) is 0. The van der Waals surface area contributed by atoms with Crippen molar-refractivity contribution in [3.63, 3.8) is 0 Å². The van der Waals surface area contributed by atoms with E-state index in [0.29, 0.717) is 5.78 Å². The molecule has 2 rings (SSSR count). The van der Waals surface area contributed by atoms with E-state index in [9.17, 15) is 4.79 Å². The normalized spacial score (nSPS) is 39.8. The molecule has 0 amide bonds. The summed E-state index contributed by atoms with van der Waals surface area (Å²) in [5, 5.41) is 0. The predicted octanol–water partition coefficient (Wildman–Crippen LogP) is 2.16. The van der Waals surface area contributed by atoms with Gasteiger partial charge in [0, 0.05) is 12.8 Å². The lowest BCUT2D eigenvalue weighted by Crippen LogP contribution is -2.23. The Morgan fingerprint density at radius 3 is 1.80 bits per heavy atom. The van der Waals surface area contributed by atoms with E-state index in [1.54, 1.807) is 0 Å². The number of Topliss-reactive ketones (excluding diaryl/α,β-unsaturated/α-hetero) is 1. The van der Waals surface area contributed by atoms with Gasteiger partial charge < -0.3 is 0 Å². The molecule has 0 unspecified atom stereocenters. The van der Waals surface area contributed by atoms with Gasteiger partial charge in [-0.2, -0.15) is 0 Å². The van der Waals surface area contributed by atoms with Gasteiger partial charge in [0.25, 0.3) is 0 Å². The maximum absolute atomic E-state index is 11.0. The van der Waals surface area contributed by atoms with Crippen molar-refractivity contribution in [2.45, 2.75) is 38.5 Å². The van der Waals surface area contributed by atoms with Gasteiger partial charge in [-0.1, -0.05) is 0 Å². The van der Waals surface area contributed by atoms with E-state index in [2.05, 4.69) is 0 Å². The minimum atomic E-state index is 0.509. The number of hydrogen-bond acceptors (Lipinski definition) is 1. The predicted molar refractivity (Wildman–Crippen MR) is 39.7 cm³/mol. The Kier molecular flexibility index (Phi) is 1.51. The van der Waals surface area contributed by atoms with Crippen molar-refractivity contribution in [2.75, 3.05) is 0 Å². The summed E-state index contributed by atoms with van der Waals surface area (Å²) in [7, 11) is 0. The van der Waals surface area contributed by atoms with E-state index in [0.717, 1.165) is 24.7 Å². The first kappa shape index (κ1) is 6.38. The van der Waals surface area contributed by atoms with Crippen LogP contribution in [0.4, 0.5) is 0 Å². The van der Waals surface area contributed by atoms with Crippen LogP contribution in [0.2, 0.25) is 0 Å². The quantitative estimate of drug-likeness (QED) is 0.501. The molecule has 0 aromatic heterocycles. The standard InChI is InChI=1S/C9H14O/c10-9-5-3-7-1-2-8(7)4-6-9/h7-8H,1-6H2/t7-,8-/m1/s1. The molecule has 2 atom stereocenters. The summed E-state index contributed by atoms with van der Waals surface area (Å²) < 4.78 is 0. The lowest BCUT2D eigenvalue weighted by atomic mass is 9.71. The Labute approximate surface area is 61.8 Å². The number of rotatable bonds is 0. The Balaban J connectivity index is 1.97. The van der Waals surface area contributed by atoms with Crippen LogP contribution in [0.3, 0.4) is 0 Å².